The number of nitrogen functional groups attached to an aromatic ring is 1. The third kappa shape index (κ3) is 5.03. The van der Waals surface area contributed by atoms with E-state index in [1.807, 2.05) is 19.9 Å². The zero-order chi connectivity index (χ0) is 25.4. The van der Waals surface area contributed by atoms with Crippen molar-refractivity contribution < 1.29 is 22.5 Å². The van der Waals surface area contributed by atoms with E-state index in [0.717, 1.165) is 36.0 Å². The average Bonchev–Trinajstić information content (AvgIpc) is 3.41. The van der Waals surface area contributed by atoms with Crippen LogP contribution < -0.4 is 15.2 Å². The number of nitrogens with zero attached hydrogens (tertiary/aromatic N) is 3. The lowest BCUT2D eigenvalue weighted by Crippen LogP contribution is -2.47. The molecule has 36 heavy (non-hydrogen) atoms. The van der Waals surface area contributed by atoms with Crippen LogP contribution in [0.4, 0.5) is 5.69 Å². The number of benzene rings is 1. The Morgan fingerprint density at radius 2 is 2.11 bits per heavy atom. The van der Waals surface area contributed by atoms with Gasteiger partial charge >= 0.3 is 0 Å². The lowest BCUT2D eigenvalue weighted by molar-refractivity contribution is -0.131. The Kier molecular flexibility index (Phi) is 6.60. The molecule has 2 heterocycles. The SMILES string of the molecule is CC(C)Oc1ccc(-c2nc(C3=CCCC4=C3CC[C@H]4NS(=O)(=O)CC(=O)N3CCC3)no2)cc1N. The van der Waals surface area contributed by atoms with Crippen LogP contribution in [-0.4, -0.2) is 60.4 Å². The number of anilines is 1. The average molecular weight is 514 g/mol. The van der Waals surface area contributed by atoms with Crippen LogP contribution in [0.3, 0.4) is 0 Å². The van der Waals surface area contributed by atoms with Gasteiger partial charge in [-0.25, -0.2) is 13.1 Å². The van der Waals surface area contributed by atoms with E-state index in [2.05, 4.69) is 20.9 Å². The van der Waals surface area contributed by atoms with Crippen LogP contribution >= 0.6 is 0 Å². The number of nitrogens with two attached hydrogens (primary N) is 1. The number of hydrogen-bond acceptors (Lipinski definition) is 8. The summed E-state index contributed by atoms with van der Waals surface area (Å²) >= 11 is 0. The van der Waals surface area contributed by atoms with Gasteiger partial charge in [0.25, 0.3) is 5.89 Å². The maximum absolute atomic E-state index is 12.7. The minimum Gasteiger partial charge on any atom is -0.489 e. The van der Waals surface area contributed by atoms with Gasteiger partial charge in [-0.3, -0.25) is 4.79 Å². The maximum atomic E-state index is 12.7. The summed E-state index contributed by atoms with van der Waals surface area (Å²) in [5, 5.41) is 4.20. The van der Waals surface area contributed by atoms with E-state index in [1.165, 1.54) is 0 Å². The molecule has 1 atom stereocenters. The van der Waals surface area contributed by atoms with Gasteiger partial charge in [-0.2, -0.15) is 4.98 Å². The Morgan fingerprint density at radius 1 is 1.31 bits per heavy atom. The number of carbonyl (C=O) groups excluding carboxylic acids is 1. The quantitative estimate of drug-likeness (QED) is 0.514. The molecule has 10 nitrogen and oxygen atoms in total. The van der Waals surface area contributed by atoms with Crippen molar-refractivity contribution in [1.82, 2.24) is 19.8 Å². The van der Waals surface area contributed by atoms with Gasteiger partial charge in [-0.1, -0.05) is 11.2 Å². The van der Waals surface area contributed by atoms with E-state index >= 15 is 0 Å². The van der Waals surface area contributed by atoms with Crippen molar-refractivity contribution in [3.8, 4) is 17.2 Å². The minimum absolute atomic E-state index is 0.00888. The molecule has 1 aromatic carbocycles. The molecule has 1 saturated heterocycles. The minimum atomic E-state index is -3.73. The first-order chi connectivity index (χ1) is 17.2. The molecule has 3 N–H and O–H groups in total. The van der Waals surface area contributed by atoms with Gasteiger partial charge in [0.05, 0.1) is 11.8 Å². The Labute approximate surface area is 210 Å². The Hall–Kier alpha value is -3.18. The molecule has 0 radical (unpaired) electrons. The highest BCUT2D eigenvalue weighted by Crippen LogP contribution is 2.42. The van der Waals surface area contributed by atoms with E-state index in [9.17, 15) is 13.2 Å². The number of nitrogens with one attached hydrogen (secondary N) is 1. The number of carbonyl (C=O) groups is 1. The monoisotopic (exact) mass is 513 g/mol. The lowest BCUT2D eigenvalue weighted by Gasteiger charge is -2.31. The number of rotatable bonds is 8. The number of allylic oxidation sites excluding steroid dienone is 3. The van der Waals surface area contributed by atoms with E-state index < -0.39 is 15.8 Å². The fraction of sp³-hybridized carbons (Fsp3) is 0.480. The summed E-state index contributed by atoms with van der Waals surface area (Å²) in [6.07, 6.45) is 5.85. The van der Waals surface area contributed by atoms with Gasteiger partial charge in [0.15, 0.2) is 0 Å². The summed E-state index contributed by atoms with van der Waals surface area (Å²) in [7, 11) is -3.73. The highest BCUT2D eigenvalue weighted by atomic mass is 32.2. The van der Waals surface area contributed by atoms with Crippen molar-refractivity contribution in [3.05, 3.63) is 41.2 Å². The summed E-state index contributed by atoms with van der Waals surface area (Å²) in [6.45, 7) is 5.14. The summed E-state index contributed by atoms with van der Waals surface area (Å²) in [4.78, 5) is 18.4. The number of ether oxygens (including phenoxy) is 1. The predicted molar refractivity (Wildman–Crippen MR) is 135 cm³/mol. The summed E-state index contributed by atoms with van der Waals surface area (Å²) in [6, 6.07) is 5.04. The highest BCUT2D eigenvalue weighted by molar-refractivity contribution is 7.90. The highest BCUT2D eigenvalue weighted by Gasteiger charge is 2.35. The van der Waals surface area contributed by atoms with Crippen molar-refractivity contribution >= 4 is 27.2 Å². The molecule has 1 amide bonds. The van der Waals surface area contributed by atoms with E-state index in [-0.39, 0.29) is 18.1 Å². The third-order valence-corrected chi connectivity index (χ3v) is 7.98. The Morgan fingerprint density at radius 3 is 2.81 bits per heavy atom. The van der Waals surface area contributed by atoms with Gasteiger partial charge in [0.2, 0.25) is 21.8 Å². The van der Waals surface area contributed by atoms with Crippen LogP contribution in [0.2, 0.25) is 0 Å². The van der Waals surface area contributed by atoms with Crippen LogP contribution in [0.1, 0.15) is 51.8 Å². The van der Waals surface area contributed by atoms with Crippen LogP contribution in [0.5, 0.6) is 5.75 Å². The lowest BCUT2D eigenvalue weighted by atomic mass is 9.91. The first-order valence-corrected chi connectivity index (χ1v) is 14.0. The second-order valence-corrected chi connectivity index (χ2v) is 11.5. The summed E-state index contributed by atoms with van der Waals surface area (Å²) in [5.41, 5.74) is 10.3. The van der Waals surface area contributed by atoms with Gasteiger partial charge in [0, 0.05) is 30.3 Å². The molecular formula is C25H31N5O5S. The van der Waals surface area contributed by atoms with Crippen LogP contribution in [-0.2, 0) is 14.8 Å². The van der Waals surface area contributed by atoms with Crippen LogP contribution in [0.15, 0.2) is 39.9 Å². The van der Waals surface area contributed by atoms with Crippen molar-refractivity contribution in [2.75, 3.05) is 24.6 Å². The first kappa shape index (κ1) is 24.5. The zero-order valence-electron chi connectivity index (χ0n) is 20.5. The predicted octanol–water partition coefficient (Wildman–Crippen LogP) is 2.89. The molecule has 0 unspecified atom stereocenters. The summed E-state index contributed by atoms with van der Waals surface area (Å²) in [5.74, 6) is 0.571. The van der Waals surface area contributed by atoms with Gasteiger partial charge < -0.3 is 19.9 Å². The van der Waals surface area contributed by atoms with Crippen LogP contribution in [0.25, 0.3) is 17.0 Å². The third-order valence-electron chi connectivity index (χ3n) is 6.71. The second-order valence-electron chi connectivity index (χ2n) is 9.71. The molecule has 2 aromatic rings. The standard InChI is InChI=1S/C25H31N5O5S/c1-15(2)34-22-10-7-16(13-20(22)26)25-27-24(28-35-25)19-6-3-5-18-17(19)8-9-21(18)29-36(32,33)14-23(31)30-11-4-12-30/h6-7,10,13,15,21,29H,3-5,8-9,11-12,14,26H2,1-2H3/t21-/m1/s1. The largest absolute Gasteiger partial charge is 0.489 e. The number of likely N-dealkylation sites (tertiary alicyclic amines) is 1. The van der Waals surface area contributed by atoms with Gasteiger partial charge in [0.1, 0.15) is 11.5 Å². The van der Waals surface area contributed by atoms with E-state index in [4.69, 9.17) is 15.0 Å². The summed E-state index contributed by atoms with van der Waals surface area (Å²) < 4.78 is 39.4. The van der Waals surface area contributed by atoms with E-state index in [1.54, 1.807) is 17.0 Å². The Balaban J connectivity index is 1.32. The van der Waals surface area contributed by atoms with Crippen LogP contribution in [0, 0.1) is 0 Å². The van der Waals surface area contributed by atoms with Crippen molar-refractivity contribution in [1.29, 1.82) is 0 Å². The molecule has 192 valence electrons. The second kappa shape index (κ2) is 9.70. The van der Waals surface area contributed by atoms with E-state index in [0.29, 0.717) is 54.6 Å². The topological polar surface area (TPSA) is 141 Å². The zero-order valence-corrected chi connectivity index (χ0v) is 21.3. The number of amides is 1. The fourth-order valence-corrected chi connectivity index (χ4v) is 6.17. The normalized spacial score (nSPS) is 19.8. The van der Waals surface area contributed by atoms with Crippen molar-refractivity contribution in [3.63, 3.8) is 0 Å². The molecular weight excluding hydrogens is 482 g/mol. The molecule has 1 aliphatic heterocycles. The van der Waals surface area contributed by atoms with Crippen molar-refractivity contribution in [2.24, 2.45) is 0 Å². The number of sulfonamides is 1. The molecule has 11 heteroatoms. The maximum Gasteiger partial charge on any atom is 0.258 e. The molecule has 2 aliphatic carbocycles. The Bertz CT molecular complexity index is 1340. The molecule has 5 rings (SSSR count). The molecule has 0 bridgehead atoms. The van der Waals surface area contributed by atoms with Gasteiger partial charge in [-0.05, 0) is 75.3 Å². The van der Waals surface area contributed by atoms with Gasteiger partial charge in [-0.15, -0.1) is 0 Å². The molecule has 0 spiro atoms. The molecule has 0 saturated carbocycles. The van der Waals surface area contributed by atoms with Crippen molar-refractivity contribution in [2.45, 2.75) is 58.1 Å². The smallest absolute Gasteiger partial charge is 0.258 e. The molecule has 1 aromatic heterocycles. The first-order valence-electron chi connectivity index (χ1n) is 12.3. The number of aromatic nitrogens is 2. The fourth-order valence-electron chi connectivity index (χ4n) is 4.89. The molecule has 1 fully saturated rings. The molecule has 3 aliphatic rings. The number of hydrogen-bond donors (Lipinski definition) is 2.